The number of nitrogens with zero attached hydrogens (tertiary/aromatic N) is 3. The van der Waals surface area contributed by atoms with Crippen molar-refractivity contribution in [3.05, 3.63) is 88.8 Å². The smallest absolute Gasteiger partial charge is 0.231 e. The largest absolute Gasteiger partial charge is 0.454 e. The first-order valence-electron chi connectivity index (χ1n) is 10.9. The Kier molecular flexibility index (Phi) is 5.06. The fraction of sp³-hybridized carbons (Fsp3) is 0.111. The monoisotopic (exact) mass is 466 g/mol. The number of benzene rings is 3. The Labute approximate surface area is 200 Å². The molecule has 1 aliphatic heterocycles. The molecule has 3 heterocycles. The highest BCUT2D eigenvalue weighted by molar-refractivity contribution is 6.32. The molecule has 0 radical (unpaired) electrons. The summed E-state index contributed by atoms with van der Waals surface area (Å²) in [5.41, 5.74) is 12.0. The number of halogens is 1. The van der Waals surface area contributed by atoms with Crippen molar-refractivity contribution in [1.82, 2.24) is 14.5 Å². The minimum Gasteiger partial charge on any atom is -0.454 e. The van der Waals surface area contributed by atoms with Gasteiger partial charge in [0, 0.05) is 22.2 Å². The molecule has 1 aliphatic rings. The van der Waals surface area contributed by atoms with Crippen LogP contribution in [0.3, 0.4) is 0 Å². The van der Waals surface area contributed by atoms with E-state index in [-0.39, 0.29) is 6.79 Å². The molecular weight excluding hydrogens is 448 g/mol. The number of pyridine rings is 1. The van der Waals surface area contributed by atoms with E-state index >= 15 is 0 Å². The maximum absolute atomic E-state index is 6.57. The van der Waals surface area contributed by atoms with Crippen LogP contribution in [0.15, 0.2) is 67.1 Å². The third-order valence-corrected chi connectivity index (χ3v) is 6.14. The zero-order valence-corrected chi connectivity index (χ0v) is 18.8. The fourth-order valence-electron chi connectivity index (χ4n) is 4.11. The minimum atomic E-state index is 0.231. The summed E-state index contributed by atoms with van der Waals surface area (Å²) in [6, 6.07) is 17.8. The lowest BCUT2D eigenvalue weighted by Gasteiger charge is -2.09. The summed E-state index contributed by atoms with van der Waals surface area (Å²) in [6.45, 7) is 0.857. The van der Waals surface area contributed by atoms with E-state index in [2.05, 4.69) is 50.6 Å². The van der Waals surface area contributed by atoms with Gasteiger partial charge in [0.25, 0.3) is 0 Å². The zero-order chi connectivity index (χ0) is 23.1. The molecule has 3 aromatic carbocycles. The molecule has 0 atom stereocenters. The summed E-state index contributed by atoms with van der Waals surface area (Å²) in [7, 11) is 0. The highest BCUT2D eigenvalue weighted by Gasteiger charge is 2.14. The number of nitrogens with two attached hydrogens (primary N) is 1. The van der Waals surface area contributed by atoms with Gasteiger partial charge in [0.2, 0.25) is 6.79 Å². The van der Waals surface area contributed by atoms with Crippen LogP contribution >= 0.6 is 11.6 Å². The first-order valence-corrected chi connectivity index (χ1v) is 11.2. The van der Waals surface area contributed by atoms with Gasteiger partial charge in [-0.25, -0.2) is 4.98 Å². The molecule has 0 amide bonds. The summed E-state index contributed by atoms with van der Waals surface area (Å²) in [6.07, 6.45) is 4.43. The van der Waals surface area contributed by atoms with Crippen LogP contribution < -0.4 is 15.2 Å². The van der Waals surface area contributed by atoms with E-state index in [0.717, 1.165) is 45.4 Å². The van der Waals surface area contributed by atoms with Gasteiger partial charge in [0.15, 0.2) is 11.5 Å². The van der Waals surface area contributed by atoms with Gasteiger partial charge in [-0.1, -0.05) is 35.6 Å². The van der Waals surface area contributed by atoms with Crippen LogP contribution in [0.2, 0.25) is 5.02 Å². The topological polar surface area (TPSA) is 75.2 Å². The normalized spacial score (nSPS) is 12.2. The molecule has 2 aromatic heterocycles. The molecule has 0 spiro atoms. The second-order valence-corrected chi connectivity index (χ2v) is 8.39. The zero-order valence-electron chi connectivity index (χ0n) is 18.1. The Morgan fingerprint density at radius 1 is 0.941 bits per heavy atom. The van der Waals surface area contributed by atoms with E-state index in [1.165, 1.54) is 5.56 Å². The molecule has 166 valence electrons. The Hall–Kier alpha value is -4.05. The predicted molar refractivity (Wildman–Crippen MR) is 133 cm³/mol. The summed E-state index contributed by atoms with van der Waals surface area (Å²) in [5, 5.41) is 1.48. The van der Waals surface area contributed by atoms with Crippen LogP contribution in [0.1, 0.15) is 16.7 Å². The van der Waals surface area contributed by atoms with Crippen LogP contribution in [0.4, 0.5) is 0 Å². The van der Waals surface area contributed by atoms with E-state index < -0.39 is 0 Å². The molecule has 2 N–H and O–H groups in total. The van der Waals surface area contributed by atoms with Crippen LogP contribution in [0.25, 0.3) is 27.6 Å². The number of imidazole rings is 1. The van der Waals surface area contributed by atoms with E-state index in [9.17, 15) is 0 Å². The van der Waals surface area contributed by atoms with Gasteiger partial charge in [-0.3, -0.25) is 9.55 Å². The quantitative estimate of drug-likeness (QED) is 0.384. The first-order chi connectivity index (χ1) is 16.7. The van der Waals surface area contributed by atoms with Crippen LogP contribution in [-0.4, -0.2) is 27.9 Å². The van der Waals surface area contributed by atoms with Crippen molar-refractivity contribution in [2.45, 2.75) is 6.42 Å². The van der Waals surface area contributed by atoms with Crippen molar-refractivity contribution in [2.75, 3.05) is 13.3 Å². The molecule has 5 aromatic rings. The summed E-state index contributed by atoms with van der Waals surface area (Å²) < 4.78 is 12.9. The maximum atomic E-state index is 6.57. The van der Waals surface area contributed by atoms with Crippen molar-refractivity contribution in [2.24, 2.45) is 5.73 Å². The average molecular weight is 467 g/mol. The summed E-state index contributed by atoms with van der Waals surface area (Å²) in [4.78, 5) is 9.13. The lowest BCUT2D eigenvalue weighted by molar-refractivity contribution is 0.174. The Morgan fingerprint density at radius 2 is 1.79 bits per heavy atom. The average Bonchev–Trinajstić information content (AvgIpc) is 3.50. The van der Waals surface area contributed by atoms with Crippen LogP contribution in [-0.2, 0) is 6.42 Å². The fourth-order valence-corrected chi connectivity index (χ4v) is 4.31. The number of rotatable bonds is 3. The van der Waals surface area contributed by atoms with E-state index in [0.29, 0.717) is 22.9 Å². The van der Waals surface area contributed by atoms with Gasteiger partial charge in [-0.05, 0) is 61.0 Å². The highest BCUT2D eigenvalue weighted by Crippen LogP contribution is 2.33. The van der Waals surface area contributed by atoms with Gasteiger partial charge >= 0.3 is 0 Å². The lowest BCUT2D eigenvalue weighted by atomic mass is 10.1. The maximum Gasteiger partial charge on any atom is 0.231 e. The summed E-state index contributed by atoms with van der Waals surface area (Å²) in [5.74, 6) is 7.81. The third-order valence-electron chi connectivity index (χ3n) is 5.82. The standard InChI is InChI=1S/C27H19ClN4O2/c28-22-13-23-21(12-19(22)5-1-18-4-8-25-26(11-18)34-16-33-25)27-24(14-30-23)31-15-32(27)20-6-2-17(3-7-20)9-10-29/h2-4,6-8,11-15H,9-10,16,29H2. The summed E-state index contributed by atoms with van der Waals surface area (Å²) >= 11 is 6.57. The SMILES string of the molecule is NCCc1ccc(-n2cnc3cnc4cc(Cl)c(C#Cc5ccc6c(c5)OCO6)cc4c32)cc1. The van der Waals surface area contributed by atoms with E-state index in [1.54, 1.807) is 6.20 Å². The van der Waals surface area contributed by atoms with Crippen molar-refractivity contribution >= 4 is 33.5 Å². The van der Waals surface area contributed by atoms with Gasteiger partial charge in [-0.2, -0.15) is 0 Å². The number of hydrogen-bond acceptors (Lipinski definition) is 5. The minimum absolute atomic E-state index is 0.231. The highest BCUT2D eigenvalue weighted by atomic mass is 35.5. The molecule has 0 aliphatic carbocycles. The van der Waals surface area contributed by atoms with Gasteiger partial charge in [0.1, 0.15) is 11.8 Å². The van der Waals surface area contributed by atoms with Crippen LogP contribution in [0.5, 0.6) is 11.5 Å². The Morgan fingerprint density at radius 3 is 2.65 bits per heavy atom. The number of fused-ring (bicyclic) bond motifs is 4. The van der Waals surface area contributed by atoms with Crippen molar-refractivity contribution in [3.63, 3.8) is 0 Å². The van der Waals surface area contributed by atoms with Crippen molar-refractivity contribution in [3.8, 4) is 29.0 Å². The van der Waals surface area contributed by atoms with Crippen LogP contribution in [0, 0.1) is 11.8 Å². The number of hydrogen-bond donors (Lipinski definition) is 1. The second kappa shape index (κ2) is 8.38. The molecule has 0 bridgehead atoms. The molecule has 0 saturated heterocycles. The molecule has 6 rings (SSSR count). The molecule has 7 heteroatoms. The third kappa shape index (κ3) is 3.61. The molecule has 0 unspecified atom stereocenters. The predicted octanol–water partition coefficient (Wildman–Crippen LogP) is 4.86. The van der Waals surface area contributed by atoms with Crippen molar-refractivity contribution in [1.29, 1.82) is 0 Å². The van der Waals surface area contributed by atoms with Gasteiger partial charge in [0.05, 0.1) is 22.3 Å². The first kappa shape index (κ1) is 20.5. The Bertz CT molecular complexity index is 1610. The van der Waals surface area contributed by atoms with E-state index in [1.807, 2.05) is 36.7 Å². The lowest BCUT2D eigenvalue weighted by Crippen LogP contribution is -2.02. The molecule has 34 heavy (non-hydrogen) atoms. The molecular formula is C27H19ClN4O2. The van der Waals surface area contributed by atoms with Gasteiger partial charge < -0.3 is 15.2 Å². The second-order valence-electron chi connectivity index (χ2n) is 7.98. The van der Waals surface area contributed by atoms with Gasteiger partial charge in [-0.15, -0.1) is 0 Å². The number of ether oxygens (including phenoxy) is 2. The van der Waals surface area contributed by atoms with E-state index in [4.69, 9.17) is 26.8 Å². The molecule has 6 nitrogen and oxygen atoms in total. The number of aromatic nitrogens is 3. The molecule has 0 saturated carbocycles. The molecule has 0 fully saturated rings. The Balaban J connectivity index is 1.46. The van der Waals surface area contributed by atoms with Crippen molar-refractivity contribution < 1.29 is 9.47 Å².